The Morgan fingerprint density at radius 2 is 1.85 bits per heavy atom. The van der Waals surface area contributed by atoms with Crippen molar-refractivity contribution in [2.45, 2.75) is 26.8 Å². The second-order valence-corrected chi connectivity index (χ2v) is 4.95. The highest BCUT2D eigenvalue weighted by Gasteiger charge is 2.17. The van der Waals surface area contributed by atoms with Crippen LogP contribution in [0.3, 0.4) is 0 Å². The molecule has 3 heteroatoms. The molecule has 0 heterocycles. The van der Waals surface area contributed by atoms with Gasteiger partial charge in [-0.1, -0.05) is 23.8 Å². The number of ether oxygens (including phenoxy) is 1. The SMILES string of the molecule is CCOc1ccc(C)cc1C(N)c1cc(F)ccc1C. The Balaban J connectivity index is 2.49. The minimum absolute atomic E-state index is 0.272. The molecule has 0 fully saturated rings. The Bertz CT molecular complexity index is 610. The van der Waals surface area contributed by atoms with Crippen molar-refractivity contribution in [2.75, 3.05) is 6.61 Å². The summed E-state index contributed by atoms with van der Waals surface area (Å²) in [4.78, 5) is 0. The van der Waals surface area contributed by atoms with E-state index in [0.717, 1.165) is 28.0 Å². The van der Waals surface area contributed by atoms with Crippen molar-refractivity contribution >= 4 is 0 Å². The number of hydrogen-bond donors (Lipinski definition) is 1. The Morgan fingerprint density at radius 1 is 1.10 bits per heavy atom. The van der Waals surface area contributed by atoms with Crippen molar-refractivity contribution in [3.8, 4) is 5.75 Å². The lowest BCUT2D eigenvalue weighted by Crippen LogP contribution is -2.15. The zero-order chi connectivity index (χ0) is 14.7. The van der Waals surface area contributed by atoms with Gasteiger partial charge in [0.25, 0.3) is 0 Å². The van der Waals surface area contributed by atoms with E-state index >= 15 is 0 Å². The van der Waals surface area contributed by atoms with Gasteiger partial charge in [0.15, 0.2) is 0 Å². The molecule has 0 amide bonds. The van der Waals surface area contributed by atoms with Gasteiger partial charge in [0.2, 0.25) is 0 Å². The van der Waals surface area contributed by atoms with Gasteiger partial charge in [-0.2, -0.15) is 0 Å². The maximum atomic E-state index is 13.5. The molecule has 2 rings (SSSR count). The fraction of sp³-hybridized carbons (Fsp3) is 0.294. The van der Waals surface area contributed by atoms with E-state index in [1.165, 1.54) is 12.1 Å². The quantitative estimate of drug-likeness (QED) is 0.917. The summed E-state index contributed by atoms with van der Waals surface area (Å²) >= 11 is 0. The second kappa shape index (κ2) is 6.06. The number of rotatable bonds is 4. The third-order valence-corrected chi connectivity index (χ3v) is 3.38. The highest BCUT2D eigenvalue weighted by atomic mass is 19.1. The van der Waals surface area contributed by atoms with Crippen molar-refractivity contribution in [1.29, 1.82) is 0 Å². The topological polar surface area (TPSA) is 35.2 Å². The summed E-state index contributed by atoms with van der Waals surface area (Å²) in [6.45, 7) is 6.45. The van der Waals surface area contributed by atoms with Gasteiger partial charge in [0, 0.05) is 5.56 Å². The van der Waals surface area contributed by atoms with Crippen LogP contribution < -0.4 is 10.5 Å². The summed E-state index contributed by atoms with van der Waals surface area (Å²) in [7, 11) is 0. The first-order valence-electron chi connectivity index (χ1n) is 6.78. The van der Waals surface area contributed by atoms with E-state index in [0.29, 0.717) is 6.61 Å². The summed E-state index contributed by atoms with van der Waals surface area (Å²) in [5, 5.41) is 0. The van der Waals surface area contributed by atoms with E-state index in [2.05, 4.69) is 0 Å². The average Bonchev–Trinajstić information content (AvgIpc) is 2.43. The Labute approximate surface area is 119 Å². The molecule has 106 valence electrons. The molecule has 2 nitrogen and oxygen atoms in total. The molecule has 0 spiro atoms. The predicted octanol–water partition coefficient (Wildman–Crippen LogP) is 3.89. The first-order chi connectivity index (χ1) is 9.52. The number of halogens is 1. The van der Waals surface area contributed by atoms with Gasteiger partial charge in [0.1, 0.15) is 11.6 Å². The van der Waals surface area contributed by atoms with Crippen LogP contribution in [0.2, 0.25) is 0 Å². The molecule has 2 N–H and O–H groups in total. The zero-order valence-electron chi connectivity index (χ0n) is 12.1. The van der Waals surface area contributed by atoms with Crippen molar-refractivity contribution in [1.82, 2.24) is 0 Å². The third kappa shape index (κ3) is 2.99. The van der Waals surface area contributed by atoms with E-state index < -0.39 is 6.04 Å². The molecule has 0 aromatic heterocycles. The fourth-order valence-electron chi connectivity index (χ4n) is 2.31. The first-order valence-corrected chi connectivity index (χ1v) is 6.78. The standard InChI is InChI=1S/C17H20FNO/c1-4-20-16-8-5-11(2)9-15(16)17(19)14-10-13(18)7-6-12(14)3/h5-10,17H,4,19H2,1-3H3. The van der Waals surface area contributed by atoms with E-state index in [-0.39, 0.29) is 5.82 Å². The maximum Gasteiger partial charge on any atom is 0.124 e. The maximum absolute atomic E-state index is 13.5. The molecule has 0 bridgehead atoms. The number of benzene rings is 2. The van der Waals surface area contributed by atoms with Gasteiger partial charge in [-0.15, -0.1) is 0 Å². The molecule has 0 radical (unpaired) electrons. The lowest BCUT2D eigenvalue weighted by molar-refractivity contribution is 0.335. The molecule has 2 aromatic carbocycles. The van der Waals surface area contributed by atoms with Crippen LogP contribution in [-0.2, 0) is 0 Å². The molecular formula is C17H20FNO. The Hall–Kier alpha value is -1.87. The van der Waals surface area contributed by atoms with Crippen LogP contribution in [0.25, 0.3) is 0 Å². The fourth-order valence-corrected chi connectivity index (χ4v) is 2.31. The zero-order valence-corrected chi connectivity index (χ0v) is 12.1. The normalized spacial score (nSPS) is 12.2. The molecule has 0 saturated carbocycles. The Morgan fingerprint density at radius 3 is 2.55 bits per heavy atom. The minimum Gasteiger partial charge on any atom is -0.494 e. The van der Waals surface area contributed by atoms with Crippen LogP contribution in [0.15, 0.2) is 36.4 Å². The largest absolute Gasteiger partial charge is 0.494 e. The monoisotopic (exact) mass is 273 g/mol. The Kier molecular flexibility index (Phi) is 4.40. The average molecular weight is 273 g/mol. The number of aryl methyl sites for hydroxylation is 2. The van der Waals surface area contributed by atoms with E-state index in [4.69, 9.17) is 10.5 Å². The molecule has 0 aliphatic heterocycles. The summed E-state index contributed by atoms with van der Waals surface area (Å²) in [5.41, 5.74) is 10.1. The second-order valence-electron chi connectivity index (χ2n) is 4.95. The van der Waals surface area contributed by atoms with E-state index in [1.54, 1.807) is 6.07 Å². The molecule has 1 atom stereocenters. The summed E-state index contributed by atoms with van der Waals surface area (Å²) in [5.74, 6) is 0.487. The van der Waals surface area contributed by atoms with E-state index in [1.807, 2.05) is 39.0 Å². The molecule has 1 unspecified atom stereocenters. The molecule has 0 saturated heterocycles. The van der Waals surface area contributed by atoms with Crippen LogP contribution in [0, 0.1) is 19.7 Å². The van der Waals surface area contributed by atoms with Gasteiger partial charge in [-0.05, 0) is 50.1 Å². The van der Waals surface area contributed by atoms with Crippen LogP contribution >= 0.6 is 0 Å². The summed E-state index contributed by atoms with van der Waals surface area (Å²) in [6, 6.07) is 10.2. The lowest BCUT2D eigenvalue weighted by atomic mass is 9.94. The van der Waals surface area contributed by atoms with Crippen molar-refractivity contribution in [2.24, 2.45) is 5.73 Å². The van der Waals surface area contributed by atoms with Crippen molar-refractivity contribution in [3.05, 3.63) is 64.5 Å². The highest BCUT2D eigenvalue weighted by molar-refractivity contribution is 5.45. The van der Waals surface area contributed by atoms with Crippen molar-refractivity contribution < 1.29 is 9.13 Å². The molecule has 0 aliphatic rings. The minimum atomic E-state index is -0.396. The van der Waals surface area contributed by atoms with Gasteiger partial charge in [-0.3, -0.25) is 0 Å². The highest BCUT2D eigenvalue weighted by Crippen LogP contribution is 2.31. The van der Waals surface area contributed by atoms with Gasteiger partial charge >= 0.3 is 0 Å². The third-order valence-electron chi connectivity index (χ3n) is 3.38. The van der Waals surface area contributed by atoms with Gasteiger partial charge in [-0.25, -0.2) is 4.39 Å². The van der Waals surface area contributed by atoms with E-state index in [9.17, 15) is 4.39 Å². The lowest BCUT2D eigenvalue weighted by Gasteiger charge is -2.19. The molecule has 2 aromatic rings. The van der Waals surface area contributed by atoms with Crippen molar-refractivity contribution in [3.63, 3.8) is 0 Å². The van der Waals surface area contributed by atoms with Crippen LogP contribution in [-0.4, -0.2) is 6.61 Å². The molecule has 0 aliphatic carbocycles. The number of nitrogens with two attached hydrogens (primary N) is 1. The smallest absolute Gasteiger partial charge is 0.124 e. The van der Waals surface area contributed by atoms with Crippen LogP contribution in [0.4, 0.5) is 4.39 Å². The van der Waals surface area contributed by atoms with Gasteiger partial charge in [0.05, 0.1) is 12.6 Å². The number of hydrogen-bond acceptors (Lipinski definition) is 2. The van der Waals surface area contributed by atoms with Crippen LogP contribution in [0.1, 0.15) is 35.2 Å². The van der Waals surface area contributed by atoms with Gasteiger partial charge < -0.3 is 10.5 Å². The predicted molar refractivity (Wildman–Crippen MR) is 79.5 cm³/mol. The molecule has 20 heavy (non-hydrogen) atoms. The molecular weight excluding hydrogens is 253 g/mol. The van der Waals surface area contributed by atoms with Crippen LogP contribution in [0.5, 0.6) is 5.75 Å². The summed E-state index contributed by atoms with van der Waals surface area (Å²) < 4.78 is 19.1. The first kappa shape index (κ1) is 14.5. The summed E-state index contributed by atoms with van der Waals surface area (Å²) in [6.07, 6.45) is 0.